The van der Waals surface area contributed by atoms with Gasteiger partial charge in [-0.1, -0.05) is 13.8 Å². The molecule has 0 unspecified atom stereocenters. The Balaban J connectivity index is 1.97. The summed E-state index contributed by atoms with van der Waals surface area (Å²) in [7, 11) is 0. The summed E-state index contributed by atoms with van der Waals surface area (Å²) in [5.41, 5.74) is -0.623. The molecule has 0 aromatic carbocycles. The van der Waals surface area contributed by atoms with Crippen molar-refractivity contribution in [3.63, 3.8) is 0 Å². The number of fused-ring (bicyclic) bond motifs is 1. The number of aromatic nitrogens is 4. The van der Waals surface area contributed by atoms with Crippen molar-refractivity contribution in [3.8, 4) is 5.81 Å². The van der Waals surface area contributed by atoms with Crippen LogP contribution in [0.1, 0.15) is 21.4 Å². The third-order valence-corrected chi connectivity index (χ3v) is 4.83. The Hall–Kier alpha value is -1.95. The zero-order valence-corrected chi connectivity index (χ0v) is 18.4. The van der Waals surface area contributed by atoms with Gasteiger partial charge in [-0.3, -0.25) is 4.79 Å². The molecular weight excluding hydrogens is 449 g/mol. The molecule has 12 nitrogen and oxygen atoms in total. The number of aliphatic hydroxyl groups is 2. The van der Waals surface area contributed by atoms with Crippen molar-refractivity contribution in [2.45, 2.75) is 38.4 Å². The van der Waals surface area contributed by atoms with Crippen LogP contribution in [0.3, 0.4) is 0 Å². The maximum atomic E-state index is 12.4. The number of carbonyl (C=O) groups excluding carboxylic acids is 1. The van der Waals surface area contributed by atoms with Gasteiger partial charge in [-0.15, -0.1) is 0 Å². The van der Waals surface area contributed by atoms with E-state index < -0.39 is 36.7 Å². The summed E-state index contributed by atoms with van der Waals surface area (Å²) >= 11 is 4.66. The number of rotatable bonds is 8. The van der Waals surface area contributed by atoms with Crippen molar-refractivity contribution >= 4 is 41.6 Å². The van der Waals surface area contributed by atoms with E-state index in [-0.39, 0.29) is 42.2 Å². The van der Waals surface area contributed by atoms with Crippen LogP contribution in [0.2, 0.25) is 0 Å². The molecule has 14 heteroatoms. The molecule has 4 atom stereocenters. The first-order valence-electron chi connectivity index (χ1n) is 9.77. The number of aliphatic hydroxyl groups excluding tert-OH is 1. The van der Waals surface area contributed by atoms with Crippen molar-refractivity contribution < 1.29 is 30.6 Å². The number of carbonyl (C=O) groups is 1. The van der Waals surface area contributed by atoms with E-state index in [1.54, 1.807) is 13.8 Å². The van der Waals surface area contributed by atoms with Crippen LogP contribution in [0.25, 0.3) is 11.2 Å². The van der Waals surface area contributed by atoms with E-state index in [1.165, 1.54) is 10.9 Å². The van der Waals surface area contributed by atoms with E-state index in [1.807, 2.05) is 0 Å². The molecular formula is C17H22N5O7PS. The first-order valence-corrected chi connectivity index (χ1v) is 11.2. The molecule has 2 aromatic rings. The van der Waals surface area contributed by atoms with Crippen LogP contribution in [-0.2, 0) is 30.8 Å². The Kier molecular flexibility index (Phi) is 7.59. The molecule has 2 aromatic heterocycles. The fourth-order valence-corrected chi connectivity index (χ4v) is 3.18. The molecule has 1 fully saturated rings. The van der Waals surface area contributed by atoms with Gasteiger partial charge in [0, 0.05) is 5.92 Å². The van der Waals surface area contributed by atoms with E-state index in [4.69, 9.17) is 15.6 Å². The third-order valence-electron chi connectivity index (χ3n) is 4.41. The van der Waals surface area contributed by atoms with E-state index in [9.17, 15) is 19.8 Å². The summed E-state index contributed by atoms with van der Waals surface area (Å²) in [5, 5.41) is 22.7. The molecule has 3 rings (SSSR count). The summed E-state index contributed by atoms with van der Waals surface area (Å²) in [6, 6.07) is 0. The number of hydrogen-bond acceptors (Lipinski definition) is 10. The van der Waals surface area contributed by atoms with Gasteiger partial charge < -0.3 is 0 Å². The van der Waals surface area contributed by atoms with Gasteiger partial charge in [0.05, 0.1) is 0 Å². The first kappa shape index (κ1) is 22.3. The van der Waals surface area contributed by atoms with Gasteiger partial charge in [-0.2, -0.15) is 0 Å². The summed E-state index contributed by atoms with van der Waals surface area (Å²) in [6.07, 6.45) is -4.84. The maximum absolute atomic E-state index is 12.4. The summed E-state index contributed by atoms with van der Waals surface area (Å²) in [5.74, 6) is 1.64. The van der Waals surface area contributed by atoms with Gasteiger partial charge in [0.15, 0.2) is 0 Å². The van der Waals surface area contributed by atoms with E-state index in [0.717, 1.165) is 0 Å². The van der Waals surface area contributed by atoms with Crippen LogP contribution < -0.4 is 10.9 Å². The standard InChI is InChI=1S/C17H22N5O7PS/c1-8(2)14(25)20-17-19-13-10(15(26)21-17)18-6-22(13)16-12(11(24)9(5-23)29-16)28-4-3-27-7-30-31/h6,8-9,11-12,16,23-24H,3-5H2,1-2H3,(H2,19,20,21,25,26)/t9-,11-,12-,16-/m1/s1/i11D. The SMILES string of the molecule is [2H][C@@]1(O)[C@@H](CO)O[C@@H](n2cnc3c(=O)[nH]c(NC(=O)C(C)C)nc32)[C@@H]1OCCOC#P=S. The molecule has 3 heterocycles. The number of amides is 1. The number of nitrogens with zero attached hydrogens (tertiary/aromatic N) is 3. The fourth-order valence-electron chi connectivity index (χ4n) is 2.88. The van der Waals surface area contributed by atoms with Crippen molar-refractivity contribution in [2.24, 2.45) is 5.92 Å². The zero-order valence-electron chi connectivity index (χ0n) is 17.6. The molecule has 4 N–H and O–H groups in total. The van der Waals surface area contributed by atoms with Gasteiger partial charge in [0.25, 0.3) is 0 Å². The number of ether oxygens (including phenoxy) is 3. The minimum atomic E-state index is -2.32. The summed E-state index contributed by atoms with van der Waals surface area (Å²) in [6.45, 7) is 3.11. The van der Waals surface area contributed by atoms with Crippen molar-refractivity contribution in [1.82, 2.24) is 19.5 Å². The molecule has 0 radical (unpaired) electrons. The predicted molar refractivity (Wildman–Crippen MR) is 112 cm³/mol. The topological polar surface area (TPSA) is 161 Å². The second-order valence-electron chi connectivity index (χ2n) is 6.83. The quantitative estimate of drug-likeness (QED) is 0.296. The first-order chi connectivity index (χ1) is 15.2. The Bertz CT molecular complexity index is 1150. The Morgan fingerprint density at radius 2 is 2.35 bits per heavy atom. The Labute approximate surface area is 184 Å². The molecule has 0 spiro atoms. The molecule has 168 valence electrons. The van der Waals surface area contributed by atoms with Gasteiger partial charge in [0.1, 0.15) is 0 Å². The Morgan fingerprint density at radius 3 is 3.03 bits per heavy atom. The molecule has 1 amide bonds. The monoisotopic (exact) mass is 472 g/mol. The second-order valence-corrected chi connectivity index (χ2v) is 7.74. The van der Waals surface area contributed by atoms with Gasteiger partial charge in [0.2, 0.25) is 5.91 Å². The summed E-state index contributed by atoms with van der Waals surface area (Å²) in [4.78, 5) is 35.1. The number of hydrogen-bond donors (Lipinski definition) is 4. The molecule has 0 bridgehead atoms. The van der Waals surface area contributed by atoms with Gasteiger partial charge in [-0.05, 0) is 0 Å². The molecule has 1 saturated heterocycles. The molecule has 0 saturated carbocycles. The zero-order chi connectivity index (χ0) is 23.5. The fraction of sp³-hybridized carbons (Fsp3) is 0.588. The molecule has 1 aliphatic heterocycles. The van der Waals surface area contributed by atoms with Crippen LogP contribution in [0.5, 0.6) is 0 Å². The van der Waals surface area contributed by atoms with Crippen molar-refractivity contribution in [3.05, 3.63) is 16.7 Å². The van der Waals surface area contributed by atoms with Crippen LogP contribution in [-0.4, -0.2) is 73.7 Å². The molecule has 0 aliphatic carbocycles. The van der Waals surface area contributed by atoms with E-state index in [2.05, 4.69) is 37.9 Å². The minimum absolute atomic E-state index is 0.0311. The van der Waals surface area contributed by atoms with Crippen LogP contribution >= 0.6 is 6.81 Å². The normalized spacial score (nSPS) is 26.1. The Morgan fingerprint density at radius 1 is 1.58 bits per heavy atom. The van der Waals surface area contributed by atoms with Crippen molar-refractivity contribution in [2.75, 3.05) is 25.1 Å². The van der Waals surface area contributed by atoms with E-state index >= 15 is 0 Å². The molecule has 31 heavy (non-hydrogen) atoms. The number of imidazole rings is 1. The van der Waals surface area contributed by atoms with Gasteiger partial charge >= 0.3 is 153 Å². The number of anilines is 1. The van der Waals surface area contributed by atoms with Crippen LogP contribution in [0.4, 0.5) is 5.95 Å². The number of nitrogens with one attached hydrogen (secondary N) is 2. The summed E-state index contributed by atoms with van der Waals surface area (Å²) < 4.78 is 25.9. The van der Waals surface area contributed by atoms with E-state index in [0.29, 0.717) is 6.81 Å². The van der Waals surface area contributed by atoms with Gasteiger partial charge in [-0.25, -0.2) is 0 Å². The van der Waals surface area contributed by atoms with Crippen LogP contribution in [0, 0.1) is 11.7 Å². The average Bonchev–Trinajstić information content (AvgIpc) is 3.26. The number of aromatic amines is 1. The third kappa shape index (κ3) is 5.28. The van der Waals surface area contributed by atoms with Crippen molar-refractivity contribution in [1.29, 1.82) is 0 Å². The number of H-pyrrole nitrogens is 1. The second kappa shape index (κ2) is 10.6. The average molecular weight is 472 g/mol. The molecule has 1 aliphatic rings. The predicted octanol–water partition coefficient (Wildman–Crippen LogP) is -0.309. The van der Waals surface area contributed by atoms with Crippen LogP contribution in [0.15, 0.2) is 11.1 Å².